The second-order valence-corrected chi connectivity index (χ2v) is 8.60. The van der Waals surface area contributed by atoms with Crippen LogP contribution in [0.25, 0.3) is 16.5 Å². The van der Waals surface area contributed by atoms with Crippen molar-refractivity contribution in [3.05, 3.63) is 80.8 Å². The maximum absolute atomic E-state index is 10.3. The highest BCUT2D eigenvalue weighted by atomic mass is 35.5. The largest absolute Gasteiger partial charge is 1.00 e. The Bertz CT molecular complexity index is 1040. The third-order valence-electron chi connectivity index (χ3n) is 4.78. The van der Waals surface area contributed by atoms with Crippen LogP contribution in [0.15, 0.2) is 64.0 Å². The number of aliphatic hydroxyl groups excluding tert-OH is 1. The van der Waals surface area contributed by atoms with Crippen LogP contribution in [0.3, 0.4) is 0 Å². The number of aryl methyl sites for hydroxylation is 1. The molecule has 0 spiro atoms. The van der Waals surface area contributed by atoms with Crippen LogP contribution in [0.4, 0.5) is 0 Å². The van der Waals surface area contributed by atoms with Crippen molar-refractivity contribution >= 4 is 39.1 Å². The highest BCUT2D eigenvalue weighted by Crippen LogP contribution is 2.27. The third-order valence-corrected chi connectivity index (χ3v) is 6.15. The maximum atomic E-state index is 10.3. The quantitative estimate of drug-likeness (QED) is 0.327. The van der Waals surface area contributed by atoms with Crippen molar-refractivity contribution < 1.29 is 27.6 Å². The van der Waals surface area contributed by atoms with Crippen LogP contribution < -0.4 is 22.5 Å². The smallest absolute Gasteiger partial charge is 0.137 e. The number of H-pyrrole nitrogens is 1. The Balaban J connectivity index is 0.00000256. The molecule has 0 radical (unpaired) electrons. The predicted octanol–water partition coefficient (Wildman–Crippen LogP) is 1.04. The summed E-state index contributed by atoms with van der Waals surface area (Å²) < 4.78 is 5.89. The Kier molecular flexibility index (Phi) is 8.13. The first-order valence-corrected chi connectivity index (χ1v) is 11.6. The van der Waals surface area contributed by atoms with E-state index in [9.17, 15) is 5.11 Å². The Morgan fingerprint density at radius 3 is 2.57 bits per heavy atom. The number of nitrogens with two attached hydrogens (primary N) is 1. The fraction of sp³-hybridized carbons (Fsp3) is 0.217. The number of aromatic amines is 1. The number of nitrogens with one attached hydrogen (secondary N) is 1. The molecule has 4 N–H and O–H groups in total. The van der Waals surface area contributed by atoms with Gasteiger partial charge in [0.05, 0.1) is 6.54 Å². The topological polar surface area (TPSA) is 61.9 Å². The van der Waals surface area contributed by atoms with Gasteiger partial charge in [0.1, 0.15) is 25.0 Å². The van der Waals surface area contributed by atoms with Gasteiger partial charge < -0.3 is 32.6 Å². The zero-order chi connectivity index (χ0) is 20.1. The third kappa shape index (κ3) is 5.53. The second kappa shape index (κ2) is 10.8. The number of ether oxygens (including phenoxy) is 1. The van der Waals surface area contributed by atoms with Gasteiger partial charge in [0.2, 0.25) is 0 Å². The molecule has 4 rings (SSSR count). The molecule has 0 bridgehead atoms. The van der Waals surface area contributed by atoms with Gasteiger partial charge in [0, 0.05) is 16.6 Å². The van der Waals surface area contributed by atoms with E-state index in [2.05, 4.69) is 56.1 Å². The van der Waals surface area contributed by atoms with Crippen LogP contribution in [0.1, 0.15) is 16.8 Å². The van der Waals surface area contributed by atoms with Crippen molar-refractivity contribution in [3.63, 3.8) is 0 Å². The van der Waals surface area contributed by atoms with Crippen LogP contribution in [-0.2, 0) is 0 Å². The second-order valence-electron chi connectivity index (χ2n) is 7.04. The molecule has 0 saturated heterocycles. The van der Waals surface area contributed by atoms with E-state index in [0.29, 0.717) is 6.54 Å². The predicted molar refractivity (Wildman–Crippen MR) is 122 cm³/mol. The minimum Gasteiger partial charge on any atom is -1.00 e. The molecule has 0 amide bonds. The van der Waals surface area contributed by atoms with Gasteiger partial charge in [0.25, 0.3) is 0 Å². The molecule has 0 aliphatic carbocycles. The van der Waals surface area contributed by atoms with E-state index < -0.39 is 6.10 Å². The van der Waals surface area contributed by atoms with Gasteiger partial charge >= 0.3 is 0 Å². The first-order valence-electron chi connectivity index (χ1n) is 9.67. The lowest BCUT2D eigenvalue weighted by molar-refractivity contribution is -0.652. The van der Waals surface area contributed by atoms with Crippen molar-refractivity contribution in [1.29, 1.82) is 0 Å². The summed E-state index contributed by atoms with van der Waals surface area (Å²) in [4.78, 5) is 3.31. The summed E-state index contributed by atoms with van der Waals surface area (Å²) in [6, 6.07) is 12.3. The fourth-order valence-electron chi connectivity index (χ4n) is 3.37. The summed E-state index contributed by atoms with van der Waals surface area (Å²) in [6.45, 7) is 3.72. The van der Waals surface area contributed by atoms with E-state index in [4.69, 9.17) is 4.74 Å². The van der Waals surface area contributed by atoms with Gasteiger partial charge in [0.15, 0.2) is 0 Å². The zero-order valence-electron chi connectivity index (χ0n) is 16.7. The number of hydrogen-bond acceptors (Lipinski definition) is 4. The molecule has 0 aliphatic heterocycles. The molecule has 0 aliphatic rings. The number of fused-ring (bicyclic) bond motifs is 1. The Morgan fingerprint density at radius 1 is 1.17 bits per heavy atom. The van der Waals surface area contributed by atoms with Crippen molar-refractivity contribution in [3.8, 4) is 5.75 Å². The minimum atomic E-state index is -0.524. The average molecular weight is 461 g/mol. The van der Waals surface area contributed by atoms with Gasteiger partial charge in [-0.15, -0.1) is 0 Å². The first kappa shape index (κ1) is 22.6. The first-order chi connectivity index (χ1) is 14.2. The number of halogens is 1. The monoisotopic (exact) mass is 460 g/mol. The van der Waals surface area contributed by atoms with Crippen molar-refractivity contribution in [2.75, 3.05) is 19.7 Å². The average Bonchev–Trinajstić information content (AvgIpc) is 3.47. The lowest BCUT2D eigenvalue weighted by Gasteiger charge is -2.12. The van der Waals surface area contributed by atoms with Crippen LogP contribution in [0.2, 0.25) is 0 Å². The maximum Gasteiger partial charge on any atom is 0.137 e. The van der Waals surface area contributed by atoms with Crippen LogP contribution >= 0.6 is 22.7 Å². The van der Waals surface area contributed by atoms with E-state index in [1.807, 2.05) is 25.1 Å². The van der Waals surface area contributed by atoms with Crippen molar-refractivity contribution in [2.24, 2.45) is 0 Å². The molecule has 3 aromatic heterocycles. The van der Waals surface area contributed by atoms with E-state index in [0.717, 1.165) is 28.9 Å². The van der Waals surface area contributed by atoms with Crippen molar-refractivity contribution in [1.82, 2.24) is 4.98 Å². The SMILES string of the molecule is Cc1cc2c(OCC(O)C[NH2+]CC=C(c3ccsc3)c3ccsc3)cccc2[nH]1.[Cl-]. The molecule has 3 heterocycles. The summed E-state index contributed by atoms with van der Waals surface area (Å²) >= 11 is 3.42. The number of thiophene rings is 2. The molecule has 4 nitrogen and oxygen atoms in total. The van der Waals surface area contributed by atoms with Crippen LogP contribution in [0, 0.1) is 6.92 Å². The molecular weight excluding hydrogens is 436 g/mol. The summed E-state index contributed by atoms with van der Waals surface area (Å²) in [6.07, 6.45) is 1.71. The van der Waals surface area contributed by atoms with Gasteiger partial charge in [-0.25, -0.2) is 0 Å². The zero-order valence-corrected chi connectivity index (χ0v) is 19.1. The Morgan fingerprint density at radius 2 is 1.90 bits per heavy atom. The summed E-state index contributed by atoms with van der Waals surface area (Å²) in [5, 5.41) is 22.1. The molecule has 1 unspecified atom stereocenters. The van der Waals surface area contributed by atoms with Gasteiger partial charge in [-0.3, -0.25) is 0 Å². The van der Waals surface area contributed by atoms with Gasteiger partial charge in [-0.1, -0.05) is 6.07 Å². The molecule has 158 valence electrons. The van der Waals surface area contributed by atoms with E-state index in [1.165, 1.54) is 16.7 Å². The number of quaternary nitrogens is 1. The molecule has 30 heavy (non-hydrogen) atoms. The molecule has 0 saturated carbocycles. The number of aromatic nitrogens is 1. The van der Waals surface area contributed by atoms with E-state index in [-0.39, 0.29) is 19.0 Å². The molecule has 0 fully saturated rings. The number of rotatable bonds is 9. The number of aliphatic hydroxyl groups is 1. The highest BCUT2D eigenvalue weighted by Gasteiger charge is 2.11. The summed E-state index contributed by atoms with van der Waals surface area (Å²) in [7, 11) is 0. The van der Waals surface area contributed by atoms with Crippen LogP contribution in [-0.4, -0.2) is 35.9 Å². The molecule has 4 aromatic rings. The summed E-state index contributed by atoms with van der Waals surface area (Å²) in [5.74, 6) is 0.808. The molecule has 1 atom stereocenters. The number of hydrogen-bond donors (Lipinski definition) is 3. The number of benzene rings is 1. The van der Waals surface area contributed by atoms with Gasteiger partial charge in [-0.05, 0) is 81.6 Å². The molecular formula is C23H25ClN2O2S2. The van der Waals surface area contributed by atoms with E-state index in [1.54, 1.807) is 22.7 Å². The summed E-state index contributed by atoms with van der Waals surface area (Å²) in [5.41, 5.74) is 5.91. The highest BCUT2D eigenvalue weighted by molar-refractivity contribution is 7.08. The normalized spacial score (nSPS) is 11.8. The van der Waals surface area contributed by atoms with Crippen LogP contribution in [0.5, 0.6) is 5.75 Å². The molecule has 1 aromatic carbocycles. The van der Waals surface area contributed by atoms with Gasteiger partial charge in [-0.2, -0.15) is 22.7 Å². The fourth-order valence-corrected chi connectivity index (χ4v) is 4.69. The van der Waals surface area contributed by atoms with Crippen molar-refractivity contribution in [2.45, 2.75) is 13.0 Å². The Hall–Kier alpha value is -2.09. The lowest BCUT2D eigenvalue weighted by Crippen LogP contribution is -3.00. The lowest BCUT2D eigenvalue weighted by atomic mass is 10.0. The Labute approximate surface area is 190 Å². The standard InChI is InChI=1S/C23H24N2O2S2.ClH/c1-16-11-21-22(25-16)3-2-4-23(21)27-13-19(26)12-24-8-5-20(17-6-9-28-14-17)18-7-10-29-15-18;/h2-7,9-11,14-15,19,24-26H,8,12-13H2,1H3;1H. The minimum absolute atomic E-state index is 0. The van der Waals surface area contributed by atoms with E-state index >= 15 is 0 Å². The molecule has 7 heteroatoms.